The zero-order valence-corrected chi connectivity index (χ0v) is 14.1. The first kappa shape index (κ1) is 16.9. The maximum atomic E-state index is 11.6. The number of nitrogens with zero attached hydrogens (tertiary/aromatic N) is 2. The number of carbonyl (C=O) groups is 1. The molecule has 2 aromatic carbocycles. The molecule has 2 N–H and O–H groups in total. The Morgan fingerprint density at radius 2 is 1.83 bits per heavy atom. The van der Waals surface area contributed by atoms with Crippen LogP contribution < -0.4 is 10.7 Å². The Labute approximate surface area is 146 Å². The van der Waals surface area contributed by atoms with Crippen LogP contribution in [0.3, 0.4) is 0 Å². The van der Waals surface area contributed by atoms with Gasteiger partial charge in [0.15, 0.2) is 0 Å². The van der Waals surface area contributed by atoms with E-state index in [1.807, 2.05) is 24.3 Å². The molecule has 0 unspecified atom stereocenters. The molecule has 0 radical (unpaired) electrons. The van der Waals surface area contributed by atoms with Gasteiger partial charge in [0.2, 0.25) is 0 Å². The second-order valence-corrected chi connectivity index (χ2v) is 5.75. The highest BCUT2D eigenvalue weighted by atomic mass is 127. The van der Waals surface area contributed by atoms with Gasteiger partial charge in [0, 0.05) is 21.4 Å². The van der Waals surface area contributed by atoms with Crippen molar-refractivity contribution in [3.8, 4) is 0 Å². The summed E-state index contributed by atoms with van der Waals surface area (Å²) >= 11 is 2.20. The maximum Gasteiger partial charge on any atom is 0.269 e. The fourth-order valence-corrected chi connectivity index (χ4v) is 2.01. The van der Waals surface area contributed by atoms with Crippen LogP contribution in [0, 0.1) is 13.7 Å². The van der Waals surface area contributed by atoms with E-state index < -0.39 is 4.92 Å². The molecule has 7 nitrogen and oxygen atoms in total. The average Bonchev–Trinajstić information content (AvgIpc) is 2.55. The third-order valence-corrected chi connectivity index (χ3v) is 3.52. The largest absolute Gasteiger partial charge is 0.376 e. The summed E-state index contributed by atoms with van der Waals surface area (Å²) in [5.41, 5.74) is 3.89. The van der Waals surface area contributed by atoms with Crippen molar-refractivity contribution >= 4 is 46.1 Å². The maximum absolute atomic E-state index is 11.6. The van der Waals surface area contributed by atoms with Crippen molar-refractivity contribution in [1.82, 2.24) is 5.43 Å². The number of carbonyl (C=O) groups excluding carboxylic acids is 1. The second kappa shape index (κ2) is 8.22. The molecule has 2 aromatic rings. The van der Waals surface area contributed by atoms with Crippen molar-refractivity contribution in [2.45, 2.75) is 0 Å². The second-order valence-electron chi connectivity index (χ2n) is 4.50. The van der Waals surface area contributed by atoms with Crippen molar-refractivity contribution in [2.24, 2.45) is 5.10 Å². The highest BCUT2D eigenvalue weighted by Crippen LogP contribution is 2.11. The Kier molecular flexibility index (Phi) is 6.03. The third kappa shape index (κ3) is 5.66. The quantitative estimate of drug-likeness (QED) is 0.323. The van der Waals surface area contributed by atoms with Crippen LogP contribution in [0.2, 0.25) is 0 Å². The van der Waals surface area contributed by atoms with E-state index in [9.17, 15) is 14.9 Å². The summed E-state index contributed by atoms with van der Waals surface area (Å²) in [7, 11) is 0. The van der Waals surface area contributed by atoms with Crippen LogP contribution in [0.4, 0.5) is 11.4 Å². The van der Waals surface area contributed by atoms with E-state index in [2.05, 4.69) is 38.4 Å². The van der Waals surface area contributed by atoms with Crippen LogP contribution in [-0.2, 0) is 4.79 Å². The minimum Gasteiger partial charge on any atom is -0.376 e. The average molecular weight is 424 g/mol. The Morgan fingerprint density at radius 3 is 2.43 bits per heavy atom. The molecule has 23 heavy (non-hydrogen) atoms. The molecule has 0 bridgehead atoms. The fraction of sp³-hybridized carbons (Fsp3) is 0.0667. The summed E-state index contributed by atoms with van der Waals surface area (Å²) in [6.07, 6.45) is 1.42. The van der Waals surface area contributed by atoms with Gasteiger partial charge in [-0.25, -0.2) is 5.43 Å². The van der Waals surface area contributed by atoms with Gasteiger partial charge in [0.1, 0.15) is 0 Å². The molecule has 0 fully saturated rings. The van der Waals surface area contributed by atoms with E-state index in [0.29, 0.717) is 5.56 Å². The first-order chi connectivity index (χ1) is 11.0. The molecule has 0 atom stereocenters. The molecule has 0 spiro atoms. The van der Waals surface area contributed by atoms with Crippen LogP contribution in [0.15, 0.2) is 53.6 Å². The number of nitro groups is 1. The monoisotopic (exact) mass is 424 g/mol. The first-order valence-electron chi connectivity index (χ1n) is 6.60. The minimum absolute atomic E-state index is 0.00732. The normalized spacial score (nSPS) is 10.5. The van der Waals surface area contributed by atoms with Crippen molar-refractivity contribution in [1.29, 1.82) is 0 Å². The van der Waals surface area contributed by atoms with Crippen molar-refractivity contribution in [3.05, 3.63) is 67.8 Å². The number of nitrogens with one attached hydrogen (secondary N) is 2. The Bertz CT molecular complexity index is 715. The number of halogens is 1. The van der Waals surface area contributed by atoms with Crippen LogP contribution in [0.25, 0.3) is 0 Å². The van der Waals surface area contributed by atoms with Gasteiger partial charge in [-0.2, -0.15) is 5.10 Å². The van der Waals surface area contributed by atoms with Gasteiger partial charge >= 0.3 is 0 Å². The van der Waals surface area contributed by atoms with Gasteiger partial charge in [0.25, 0.3) is 11.6 Å². The van der Waals surface area contributed by atoms with E-state index in [1.165, 1.54) is 18.3 Å². The predicted molar refractivity (Wildman–Crippen MR) is 96.5 cm³/mol. The third-order valence-electron chi connectivity index (χ3n) is 2.80. The summed E-state index contributed by atoms with van der Waals surface area (Å²) in [5.74, 6) is -0.290. The number of anilines is 1. The van der Waals surface area contributed by atoms with Crippen LogP contribution >= 0.6 is 22.6 Å². The summed E-state index contributed by atoms with van der Waals surface area (Å²) in [6.45, 7) is 0.0954. The number of rotatable bonds is 6. The molecular formula is C15H13IN4O3. The molecule has 0 aliphatic carbocycles. The van der Waals surface area contributed by atoms with Crippen LogP contribution in [0.1, 0.15) is 5.56 Å². The number of hydrogen-bond donors (Lipinski definition) is 2. The zero-order valence-electron chi connectivity index (χ0n) is 11.9. The Balaban J connectivity index is 1.79. The lowest BCUT2D eigenvalue weighted by Gasteiger charge is -2.05. The van der Waals surface area contributed by atoms with E-state index >= 15 is 0 Å². The van der Waals surface area contributed by atoms with Gasteiger partial charge in [-0.3, -0.25) is 14.9 Å². The van der Waals surface area contributed by atoms with Gasteiger partial charge in [-0.15, -0.1) is 0 Å². The lowest BCUT2D eigenvalue weighted by atomic mass is 10.2. The molecule has 1 amide bonds. The predicted octanol–water partition coefficient (Wildman–Crippen LogP) is 2.76. The molecule has 0 saturated carbocycles. The molecule has 0 heterocycles. The SMILES string of the molecule is O=C(CNc1ccc(I)cc1)N/N=C/c1ccc([N+](=O)[O-])cc1. The van der Waals surface area contributed by atoms with Crippen molar-refractivity contribution in [3.63, 3.8) is 0 Å². The smallest absolute Gasteiger partial charge is 0.269 e. The molecular weight excluding hydrogens is 411 g/mol. The number of hydrazone groups is 1. The number of non-ortho nitro benzene ring substituents is 1. The Hall–Kier alpha value is -2.49. The van der Waals surface area contributed by atoms with Gasteiger partial charge in [-0.1, -0.05) is 0 Å². The lowest BCUT2D eigenvalue weighted by Crippen LogP contribution is -2.25. The van der Waals surface area contributed by atoms with E-state index in [-0.39, 0.29) is 18.1 Å². The van der Waals surface area contributed by atoms with Crippen molar-refractivity contribution in [2.75, 3.05) is 11.9 Å². The summed E-state index contributed by atoms with van der Waals surface area (Å²) in [4.78, 5) is 21.7. The lowest BCUT2D eigenvalue weighted by molar-refractivity contribution is -0.384. The number of amides is 1. The highest BCUT2D eigenvalue weighted by molar-refractivity contribution is 14.1. The molecule has 0 aliphatic heterocycles. The number of hydrogen-bond acceptors (Lipinski definition) is 5. The summed E-state index contributed by atoms with van der Waals surface area (Å²) < 4.78 is 1.12. The highest BCUT2D eigenvalue weighted by Gasteiger charge is 2.03. The molecule has 2 rings (SSSR count). The van der Waals surface area contributed by atoms with E-state index in [1.54, 1.807) is 12.1 Å². The minimum atomic E-state index is -0.473. The van der Waals surface area contributed by atoms with E-state index in [4.69, 9.17) is 0 Å². The Morgan fingerprint density at radius 1 is 1.17 bits per heavy atom. The molecule has 0 aromatic heterocycles. The molecule has 8 heteroatoms. The van der Waals surface area contributed by atoms with E-state index in [0.717, 1.165) is 9.26 Å². The van der Waals surface area contributed by atoms with Crippen LogP contribution in [0.5, 0.6) is 0 Å². The van der Waals surface area contributed by atoms with Crippen LogP contribution in [-0.4, -0.2) is 23.6 Å². The van der Waals surface area contributed by atoms with Gasteiger partial charge in [0.05, 0.1) is 17.7 Å². The standard InChI is InChI=1S/C15H13IN4O3/c16-12-3-5-13(6-4-12)17-10-15(21)19-18-9-11-1-7-14(8-2-11)20(22)23/h1-9,17H,10H2,(H,19,21)/b18-9+. The topological polar surface area (TPSA) is 96.6 Å². The van der Waals surface area contributed by atoms with Gasteiger partial charge < -0.3 is 5.32 Å². The molecule has 118 valence electrons. The fourth-order valence-electron chi connectivity index (χ4n) is 1.65. The summed E-state index contributed by atoms with van der Waals surface area (Å²) in [6, 6.07) is 13.5. The van der Waals surface area contributed by atoms with Crippen molar-refractivity contribution < 1.29 is 9.72 Å². The summed E-state index contributed by atoms with van der Waals surface area (Å²) in [5, 5.41) is 17.3. The molecule has 0 aliphatic rings. The molecule has 0 saturated heterocycles. The first-order valence-corrected chi connectivity index (χ1v) is 7.68. The number of benzene rings is 2. The number of nitro benzene ring substituents is 1. The van der Waals surface area contributed by atoms with Gasteiger partial charge in [-0.05, 0) is 64.6 Å². The zero-order chi connectivity index (χ0) is 16.7.